The molecule has 0 saturated carbocycles. The third-order valence-corrected chi connectivity index (χ3v) is 7.79. The zero-order valence-corrected chi connectivity index (χ0v) is 22.5. The minimum Gasteiger partial charge on any atom is -0.488 e. The number of imidazole rings is 1. The molecule has 3 aromatic carbocycles. The molecule has 0 spiro atoms. The van der Waals surface area contributed by atoms with Crippen molar-refractivity contribution in [3.05, 3.63) is 93.8 Å². The number of carboxylic acid groups (broad SMARTS) is 1. The second-order valence-electron chi connectivity index (χ2n) is 10.6. The molecule has 0 aliphatic carbocycles. The summed E-state index contributed by atoms with van der Waals surface area (Å²) in [5.41, 5.74) is 3.26. The summed E-state index contributed by atoms with van der Waals surface area (Å²) in [5.74, 6) is -0.507. The van der Waals surface area contributed by atoms with Gasteiger partial charge in [-0.1, -0.05) is 12.1 Å². The fraction of sp³-hybridized carbons (Fsp3) is 0.323. The third kappa shape index (κ3) is 5.68. The number of nitriles is 1. The van der Waals surface area contributed by atoms with Crippen LogP contribution in [0.5, 0.6) is 5.75 Å². The Morgan fingerprint density at radius 2 is 1.93 bits per heavy atom. The molecule has 1 fully saturated rings. The van der Waals surface area contributed by atoms with Crippen molar-refractivity contribution in [3.8, 4) is 11.8 Å². The van der Waals surface area contributed by atoms with Crippen LogP contribution in [-0.2, 0) is 43.6 Å². The number of alkyl halides is 3. The molecule has 8 nitrogen and oxygen atoms in total. The van der Waals surface area contributed by atoms with E-state index in [1.54, 1.807) is 36.4 Å². The number of aromatic carboxylic acids is 1. The highest BCUT2D eigenvalue weighted by molar-refractivity contribution is 5.92. The number of halogens is 3. The van der Waals surface area contributed by atoms with Gasteiger partial charge in [0, 0.05) is 19.7 Å². The number of benzene rings is 3. The molecule has 4 aromatic rings. The number of fused-ring (bicyclic) bond motifs is 2. The molecule has 42 heavy (non-hydrogen) atoms. The molecule has 0 unspecified atom stereocenters. The standard InChI is InChI=1S/C31H27F3N4O4/c32-31(33,34)25-11-21-7-9-37(15-23(21)13-28(25)42-18-20-3-1-19(14-35)2-4-20)17-29-36-26-6-5-22(30(39)40)12-27(26)38(29)16-24-8-10-41-24/h1-6,11-13,24H,7-10,15-18H2,(H,39,40)/t24-/m0/s1. The molecular formula is C31H27F3N4O4. The van der Waals surface area contributed by atoms with E-state index in [9.17, 15) is 23.1 Å². The molecule has 2 aliphatic heterocycles. The maximum absolute atomic E-state index is 14.0. The maximum Gasteiger partial charge on any atom is 0.419 e. The van der Waals surface area contributed by atoms with Crippen molar-refractivity contribution in [3.63, 3.8) is 0 Å². The Morgan fingerprint density at radius 1 is 1.14 bits per heavy atom. The molecular weight excluding hydrogens is 549 g/mol. The van der Waals surface area contributed by atoms with Crippen molar-refractivity contribution in [1.29, 1.82) is 5.26 Å². The minimum absolute atomic E-state index is 0.0216. The number of ether oxygens (including phenoxy) is 2. The van der Waals surface area contributed by atoms with Crippen LogP contribution in [0.15, 0.2) is 54.6 Å². The molecule has 1 saturated heterocycles. The van der Waals surface area contributed by atoms with Crippen LogP contribution in [0.25, 0.3) is 11.0 Å². The van der Waals surface area contributed by atoms with Gasteiger partial charge in [0.05, 0.1) is 53.0 Å². The van der Waals surface area contributed by atoms with E-state index in [1.165, 1.54) is 18.2 Å². The van der Waals surface area contributed by atoms with E-state index in [0.29, 0.717) is 66.9 Å². The molecule has 1 aromatic heterocycles. The van der Waals surface area contributed by atoms with Crippen molar-refractivity contribution >= 4 is 17.0 Å². The number of rotatable bonds is 8. The maximum atomic E-state index is 14.0. The van der Waals surface area contributed by atoms with Gasteiger partial charge in [-0.25, -0.2) is 9.78 Å². The van der Waals surface area contributed by atoms with E-state index in [4.69, 9.17) is 19.7 Å². The van der Waals surface area contributed by atoms with Gasteiger partial charge < -0.3 is 19.1 Å². The summed E-state index contributed by atoms with van der Waals surface area (Å²) in [7, 11) is 0. The first kappa shape index (κ1) is 27.8. The van der Waals surface area contributed by atoms with Gasteiger partial charge in [-0.15, -0.1) is 0 Å². The molecule has 0 bridgehead atoms. The van der Waals surface area contributed by atoms with Crippen molar-refractivity contribution < 1.29 is 32.5 Å². The van der Waals surface area contributed by atoms with Gasteiger partial charge in [0.25, 0.3) is 0 Å². The normalized spacial score (nSPS) is 17.0. The molecule has 0 amide bonds. The summed E-state index contributed by atoms with van der Waals surface area (Å²) in [6.45, 7) is 2.55. The molecule has 2 aliphatic rings. The molecule has 11 heteroatoms. The van der Waals surface area contributed by atoms with Crippen molar-refractivity contribution in [1.82, 2.24) is 14.5 Å². The van der Waals surface area contributed by atoms with E-state index >= 15 is 0 Å². The van der Waals surface area contributed by atoms with Crippen molar-refractivity contribution in [2.75, 3.05) is 13.2 Å². The zero-order valence-electron chi connectivity index (χ0n) is 22.5. The van der Waals surface area contributed by atoms with Crippen LogP contribution in [-0.4, -0.2) is 44.8 Å². The number of carboxylic acids is 1. The summed E-state index contributed by atoms with van der Waals surface area (Å²) in [5, 5.41) is 18.5. The minimum atomic E-state index is -4.57. The Balaban J connectivity index is 1.26. The zero-order chi connectivity index (χ0) is 29.4. The average Bonchev–Trinajstić information content (AvgIpc) is 3.28. The van der Waals surface area contributed by atoms with E-state index in [1.807, 2.05) is 10.6 Å². The van der Waals surface area contributed by atoms with Gasteiger partial charge in [0.15, 0.2) is 0 Å². The second-order valence-corrected chi connectivity index (χ2v) is 10.6. The highest BCUT2D eigenvalue weighted by Crippen LogP contribution is 2.40. The largest absolute Gasteiger partial charge is 0.488 e. The summed E-state index contributed by atoms with van der Waals surface area (Å²) < 4.78 is 55.3. The quantitative estimate of drug-likeness (QED) is 0.294. The predicted molar refractivity (Wildman–Crippen MR) is 146 cm³/mol. The van der Waals surface area contributed by atoms with Gasteiger partial charge in [-0.2, -0.15) is 18.4 Å². The lowest BCUT2D eigenvalue weighted by Gasteiger charge is -2.31. The SMILES string of the molecule is N#Cc1ccc(COc2cc3c(cc2C(F)(F)F)CCN(Cc2nc4ccc(C(=O)O)cc4n2C[C@@H]2CCO2)C3)cc1. The molecule has 0 radical (unpaired) electrons. The number of aromatic nitrogens is 2. The first-order chi connectivity index (χ1) is 20.2. The summed E-state index contributed by atoms with van der Waals surface area (Å²) in [4.78, 5) is 18.5. The average molecular weight is 577 g/mol. The second kappa shape index (κ2) is 11.1. The Kier molecular flexibility index (Phi) is 7.35. The van der Waals surface area contributed by atoms with Crippen LogP contribution in [0.1, 0.15) is 50.4 Å². The van der Waals surface area contributed by atoms with Crippen molar-refractivity contribution in [2.24, 2.45) is 0 Å². The summed E-state index contributed by atoms with van der Waals surface area (Å²) in [6.07, 6.45) is -3.21. The highest BCUT2D eigenvalue weighted by atomic mass is 19.4. The van der Waals surface area contributed by atoms with Gasteiger partial charge in [0.2, 0.25) is 0 Å². The number of hydrogen-bond acceptors (Lipinski definition) is 6. The lowest BCUT2D eigenvalue weighted by molar-refractivity contribution is -0.139. The number of hydrogen-bond donors (Lipinski definition) is 1. The topological polar surface area (TPSA) is 101 Å². The van der Waals surface area contributed by atoms with Crippen LogP contribution in [0.2, 0.25) is 0 Å². The molecule has 1 N–H and O–H groups in total. The molecule has 3 heterocycles. The van der Waals surface area contributed by atoms with Crippen molar-refractivity contribution in [2.45, 2.75) is 51.4 Å². The van der Waals surface area contributed by atoms with Crippen LogP contribution < -0.4 is 4.74 Å². The fourth-order valence-corrected chi connectivity index (χ4v) is 5.42. The van der Waals surface area contributed by atoms with Gasteiger partial charge in [-0.05, 0) is 72.0 Å². The van der Waals surface area contributed by atoms with E-state index < -0.39 is 17.7 Å². The van der Waals surface area contributed by atoms with E-state index in [-0.39, 0.29) is 24.0 Å². The fourth-order valence-electron chi connectivity index (χ4n) is 5.42. The lowest BCUT2D eigenvalue weighted by Crippen LogP contribution is -2.34. The monoisotopic (exact) mass is 576 g/mol. The van der Waals surface area contributed by atoms with E-state index in [0.717, 1.165) is 17.8 Å². The Bertz CT molecular complexity index is 1690. The van der Waals surface area contributed by atoms with Gasteiger partial charge >= 0.3 is 12.1 Å². The first-order valence-electron chi connectivity index (χ1n) is 13.6. The number of nitrogens with zero attached hydrogens (tertiary/aromatic N) is 4. The Labute approximate surface area is 239 Å². The van der Waals surface area contributed by atoms with Crippen LogP contribution >= 0.6 is 0 Å². The smallest absolute Gasteiger partial charge is 0.419 e. The molecule has 1 atom stereocenters. The van der Waals surface area contributed by atoms with Crippen LogP contribution in [0.3, 0.4) is 0 Å². The first-order valence-corrected chi connectivity index (χ1v) is 13.6. The van der Waals surface area contributed by atoms with Gasteiger partial charge in [0.1, 0.15) is 18.2 Å². The lowest BCUT2D eigenvalue weighted by atomic mass is 9.96. The van der Waals surface area contributed by atoms with Crippen LogP contribution in [0, 0.1) is 11.3 Å². The van der Waals surface area contributed by atoms with E-state index in [2.05, 4.69) is 4.90 Å². The Morgan fingerprint density at radius 3 is 2.60 bits per heavy atom. The molecule has 216 valence electrons. The summed E-state index contributed by atoms with van der Waals surface area (Å²) in [6, 6.07) is 16.0. The number of carbonyl (C=O) groups is 1. The Hall–Kier alpha value is -4.40. The highest BCUT2D eigenvalue weighted by Gasteiger charge is 2.36. The van der Waals surface area contributed by atoms with Crippen LogP contribution in [0.4, 0.5) is 13.2 Å². The summed E-state index contributed by atoms with van der Waals surface area (Å²) >= 11 is 0. The van der Waals surface area contributed by atoms with Gasteiger partial charge in [-0.3, -0.25) is 4.90 Å². The molecule has 6 rings (SSSR count). The third-order valence-electron chi connectivity index (χ3n) is 7.79. The predicted octanol–water partition coefficient (Wildman–Crippen LogP) is 5.55.